The van der Waals surface area contributed by atoms with E-state index in [1.807, 2.05) is 0 Å². The Labute approximate surface area is 116 Å². The fourth-order valence-electron chi connectivity index (χ4n) is 2.07. The van der Waals surface area contributed by atoms with Gasteiger partial charge in [0.25, 0.3) is 0 Å². The highest BCUT2D eigenvalue weighted by molar-refractivity contribution is 5.86. The molecule has 0 aliphatic heterocycles. The Morgan fingerprint density at radius 3 is 2.40 bits per heavy atom. The van der Waals surface area contributed by atoms with E-state index in [0.717, 1.165) is 19.3 Å². The van der Waals surface area contributed by atoms with Gasteiger partial charge in [-0.3, -0.25) is 9.59 Å². The molecule has 0 spiro atoms. The lowest BCUT2D eigenvalue weighted by Crippen LogP contribution is -2.49. The molecule has 8 heteroatoms. The van der Waals surface area contributed by atoms with Crippen LogP contribution in [0.25, 0.3) is 0 Å². The van der Waals surface area contributed by atoms with Crippen molar-refractivity contribution < 1.29 is 24.6 Å². The van der Waals surface area contributed by atoms with E-state index in [9.17, 15) is 19.5 Å². The summed E-state index contributed by atoms with van der Waals surface area (Å²) in [4.78, 5) is 33.0. The number of nitrogens with one attached hydrogen (secondary N) is 3. The number of urea groups is 1. The SMILES string of the molecule is O=C(O)CNC(=O)CNC(=O)NC1CCCCCC1O. The first kappa shape index (κ1) is 16.2. The molecule has 2 atom stereocenters. The number of rotatable bonds is 5. The van der Waals surface area contributed by atoms with Gasteiger partial charge in [-0.05, 0) is 12.8 Å². The van der Waals surface area contributed by atoms with Gasteiger partial charge >= 0.3 is 12.0 Å². The fourth-order valence-corrected chi connectivity index (χ4v) is 2.07. The molecule has 0 bridgehead atoms. The molecule has 0 aromatic carbocycles. The molecule has 8 nitrogen and oxygen atoms in total. The minimum absolute atomic E-state index is 0.304. The minimum atomic E-state index is -1.15. The molecule has 1 saturated carbocycles. The lowest BCUT2D eigenvalue weighted by Gasteiger charge is -2.21. The number of aliphatic hydroxyl groups excluding tert-OH is 1. The van der Waals surface area contributed by atoms with E-state index in [4.69, 9.17) is 5.11 Å². The summed E-state index contributed by atoms with van der Waals surface area (Å²) in [6.45, 7) is -0.786. The monoisotopic (exact) mass is 287 g/mol. The normalized spacial score (nSPS) is 22.4. The Balaban J connectivity index is 2.25. The van der Waals surface area contributed by atoms with Gasteiger partial charge in [0.2, 0.25) is 5.91 Å². The van der Waals surface area contributed by atoms with Crippen LogP contribution in [0.1, 0.15) is 32.1 Å². The number of carbonyl (C=O) groups excluding carboxylic acids is 2. The zero-order valence-corrected chi connectivity index (χ0v) is 11.2. The number of carboxylic acids is 1. The quantitative estimate of drug-likeness (QED) is 0.422. The molecule has 0 heterocycles. The van der Waals surface area contributed by atoms with Gasteiger partial charge in [0.1, 0.15) is 6.54 Å². The number of carbonyl (C=O) groups is 3. The Morgan fingerprint density at radius 1 is 1.00 bits per heavy atom. The molecule has 5 N–H and O–H groups in total. The van der Waals surface area contributed by atoms with Crippen LogP contribution in [-0.4, -0.2) is 53.4 Å². The van der Waals surface area contributed by atoms with Crippen molar-refractivity contribution in [2.45, 2.75) is 44.2 Å². The standard InChI is InChI=1S/C12H21N3O5/c16-9-5-3-1-2-4-8(9)15-12(20)14-6-10(17)13-7-11(18)19/h8-9,16H,1-7H2,(H,13,17)(H,18,19)(H2,14,15,20). The molecule has 0 saturated heterocycles. The van der Waals surface area contributed by atoms with Crippen LogP contribution in [-0.2, 0) is 9.59 Å². The maximum absolute atomic E-state index is 11.6. The van der Waals surface area contributed by atoms with E-state index in [1.165, 1.54) is 0 Å². The maximum Gasteiger partial charge on any atom is 0.322 e. The molecule has 1 aliphatic carbocycles. The van der Waals surface area contributed by atoms with E-state index in [1.54, 1.807) is 0 Å². The van der Waals surface area contributed by atoms with Crippen LogP contribution in [0, 0.1) is 0 Å². The van der Waals surface area contributed by atoms with Crippen LogP contribution < -0.4 is 16.0 Å². The summed E-state index contributed by atoms with van der Waals surface area (Å²) < 4.78 is 0. The van der Waals surface area contributed by atoms with Crippen molar-refractivity contribution in [2.24, 2.45) is 0 Å². The smallest absolute Gasteiger partial charge is 0.322 e. The highest BCUT2D eigenvalue weighted by Crippen LogP contribution is 2.17. The molecule has 2 unspecified atom stereocenters. The van der Waals surface area contributed by atoms with Crippen LogP contribution in [0.3, 0.4) is 0 Å². The highest BCUT2D eigenvalue weighted by Gasteiger charge is 2.23. The Hall–Kier alpha value is -1.83. The van der Waals surface area contributed by atoms with Crippen LogP contribution in [0.4, 0.5) is 4.79 Å². The Bertz CT molecular complexity index is 361. The zero-order valence-electron chi connectivity index (χ0n) is 11.2. The van der Waals surface area contributed by atoms with Crippen LogP contribution in [0.15, 0.2) is 0 Å². The van der Waals surface area contributed by atoms with Crippen molar-refractivity contribution in [2.75, 3.05) is 13.1 Å². The molecule has 0 aromatic heterocycles. The number of hydrogen-bond acceptors (Lipinski definition) is 4. The second-order valence-corrected chi connectivity index (χ2v) is 4.81. The summed E-state index contributed by atoms with van der Waals surface area (Å²) in [5.74, 6) is -1.73. The predicted molar refractivity (Wildman–Crippen MR) is 70.1 cm³/mol. The summed E-state index contributed by atoms with van der Waals surface area (Å²) >= 11 is 0. The molecular formula is C12H21N3O5. The predicted octanol–water partition coefficient (Wildman–Crippen LogP) is -0.820. The van der Waals surface area contributed by atoms with Crippen LogP contribution in [0.5, 0.6) is 0 Å². The minimum Gasteiger partial charge on any atom is -0.480 e. The third-order valence-corrected chi connectivity index (χ3v) is 3.14. The van der Waals surface area contributed by atoms with Gasteiger partial charge in [0, 0.05) is 0 Å². The molecule has 1 fully saturated rings. The second-order valence-electron chi connectivity index (χ2n) is 4.81. The summed E-state index contributed by atoms with van der Waals surface area (Å²) in [6.07, 6.45) is 3.72. The van der Waals surface area contributed by atoms with Gasteiger partial charge in [0.05, 0.1) is 18.7 Å². The van der Waals surface area contributed by atoms with E-state index in [2.05, 4.69) is 16.0 Å². The molecular weight excluding hydrogens is 266 g/mol. The van der Waals surface area contributed by atoms with Gasteiger partial charge in [0.15, 0.2) is 0 Å². The molecule has 1 rings (SSSR count). The van der Waals surface area contributed by atoms with E-state index < -0.39 is 30.6 Å². The van der Waals surface area contributed by atoms with Crippen molar-refractivity contribution in [3.05, 3.63) is 0 Å². The van der Waals surface area contributed by atoms with E-state index >= 15 is 0 Å². The van der Waals surface area contributed by atoms with Gasteiger partial charge in [-0.25, -0.2) is 4.79 Å². The van der Waals surface area contributed by atoms with Crippen molar-refractivity contribution in [3.8, 4) is 0 Å². The van der Waals surface area contributed by atoms with Crippen LogP contribution >= 0.6 is 0 Å². The van der Waals surface area contributed by atoms with E-state index in [0.29, 0.717) is 12.8 Å². The lowest BCUT2D eigenvalue weighted by atomic mass is 10.1. The van der Waals surface area contributed by atoms with Crippen molar-refractivity contribution >= 4 is 17.9 Å². The van der Waals surface area contributed by atoms with Crippen molar-refractivity contribution in [1.82, 2.24) is 16.0 Å². The Kier molecular flexibility index (Phi) is 6.78. The lowest BCUT2D eigenvalue weighted by molar-refractivity contribution is -0.137. The number of carboxylic acid groups (broad SMARTS) is 1. The average molecular weight is 287 g/mol. The van der Waals surface area contributed by atoms with Gasteiger partial charge in [-0.15, -0.1) is 0 Å². The second kappa shape index (κ2) is 8.36. The Morgan fingerprint density at radius 2 is 1.70 bits per heavy atom. The number of aliphatic carboxylic acids is 1. The first-order valence-corrected chi connectivity index (χ1v) is 6.70. The summed E-state index contributed by atoms with van der Waals surface area (Å²) in [5.41, 5.74) is 0. The van der Waals surface area contributed by atoms with Crippen LogP contribution in [0.2, 0.25) is 0 Å². The molecule has 1 aliphatic rings. The van der Waals surface area contributed by atoms with Gasteiger partial charge < -0.3 is 26.2 Å². The summed E-state index contributed by atoms with van der Waals surface area (Å²) in [5, 5.41) is 25.3. The average Bonchev–Trinajstić information content (AvgIpc) is 2.59. The molecule has 3 amide bonds. The largest absolute Gasteiger partial charge is 0.480 e. The van der Waals surface area contributed by atoms with Gasteiger partial charge in [-0.2, -0.15) is 0 Å². The van der Waals surface area contributed by atoms with E-state index in [-0.39, 0.29) is 12.6 Å². The first-order chi connectivity index (χ1) is 9.49. The molecule has 114 valence electrons. The number of amides is 3. The fraction of sp³-hybridized carbons (Fsp3) is 0.750. The van der Waals surface area contributed by atoms with Gasteiger partial charge in [-0.1, -0.05) is 19.3 Å². The molecule has 0 aromatic rings. The molecule has 0 radical (unpaired) electrons. The van der Waals surface area contributed by atoms with Crippen molar-refractivity contribution in [3.63, 3.8) is 0 Å². The number of aliphatic hydroxyl groups is 1. The summed E-state index contributed by atoms with van der Waals surface area (Å²) in [6, 6.07) is -0.846. The number of hydrogen-bond donors (Lipinski definition) is 5. The summed E-state index contributed by atoms with van der Waals surface area (Å²) in [7, 11) is 0. The third-order valence-electron chi connectivity index (χ3n) is 3.14. The third kappa shape index (κ3) is 6.37. The maximum atomic E-state index is 11.6. The highest BCUT2D eigenvalue weighted by atomic mass is 16.4. The first-order valence-electron chi connectivity index (χ1n) is 6.70. The topological polar surface area (TPSA) is 128 Å². The molecule has 20 heavy (non-hydrogen) atoms. The van der Waals surface area contributed by atoms with Crippen molar-refractivity contribution in [1.29, 1.82) is 0 Å². The zero-order chi connectivity index (χ0) is 15.0.